The Balaban J connectivity index is 1.79. The van der Waals surface area contributed by atoms with Crippen LogP contribution in [0.25, 0.3) is 0 Å². The third-order valence-corrected chi connectivity index (χ3v) is 4.67. The van der Waals surface area contributed by atoms with E-state index in [4.69, 9.17) is 0 Å². The molecule has 1 aliphatic heterocycles. The summed E-state index contributed by atoms with van der Waals surface area (Å²) >= 11 is 0. The lowest BCUT2D eigenvalue weighted by Gasteiger charge is -2.37. The van der Waals surface area contributed by atoms with Crippen molar-refractivity contribution >= 4 is 11.7 Å². The zero-order valence-electron chi connectivity index (χ0n) is 11.9. The van der Waals surface area contributed by atoms with Gasteiger partial charge in [-0.3, -0.25) is 4.98 Å². The van der Waals surface area contributed by atoms with Crippen molar-refractivity contribution in [1.82, 2.24) is 4.98 Å². The van der Waals surface area contributed by atoms with Gasteiger partial charge in [-0.2, -0.15) is 0 Å². The summed E-state index contributed by atoms with van der Waals surface area (Å²) in [7, 11) is 0. The molecule has 0 saturated heterocycles. The second-order valence-corrected chi connectivity index (χ2v) is 5.86. The Morgan fingerprint density at radius 1 is 1.23 bits per heavy atom. The number of nitrogens with zero attached hydrogens (tertiary/aromatic N) is 1. The lowest BCUT2D eigenvalue weighted by Crippen LogP contribution is -2.29. The maximum Gasteiger partial charge on any atom is 0.335 e. The van der Waals surface area contributed by atoms with Crippen molar-refractivity contribution in [1.29, 1.82) is 0 Å². The highest BCUT2D eigenvalue weighted by atomic mass is 16.4. The predicted octanol–water partition coefficient (Wildman–Crippen LogP) is 3.61. The number of allylic oxidation sites excluding steroid dienone is 2. The fraction of sp³-hybridized carbons (Fsp3) is 0.222. The van der Waals surface area contributed by atoms with E-state index in [2.05, 4.69) is 22.5 Å². The van der Waals surface area contributed by atoms with E-state index in [0.29, 0.717) is 11.5 Å². The van der Waals surface area contributed by atoms with Gasteiger partial charge in [0.05, 0.1) is 11.6 Å². The van der Waals surface area contributed by atoms with E-state index in [1.165, 1.54) is 5.56 Å². The van der Waals surface area contributed by atoms with Gasteiger partial charge in [0.2, 0.25) is 0 Å². The SMILES string of the molecule is O=C(O)c1ccc2c(c1)[C@H]1C=CC[C@H]1[C@H](c1ccncc1)N2. The topological polar surface area (TPSA) is 62.2 Å². The lowest BCUT2D eigenvalue weighted by atomic mass is 9.77. The quantitative estimate of drug-likeness (QED) is 0.830. The van der Waals surface area contributed by atoms with E-state index in [-0.39, 0.29) is 12.0 Å². The Kier molecular flexibility index (Phi) is 2.96. The number of hydrogen-bond donors (Lipinski definition) is 2. The number of carboxylic acid groups (broad SMARTS) is 1. The predicted molar refractivity (Wildman–Crippen MR) is 84.0 cm³/mol. The molecular formula is C18H16N2O2. The molecule has 2 N–H and O–H groups in total. The fourth-order valence-corrected chi connectivity index (χ4v) is 3.63. The van der Waals surface area contributed by atoms with E-state index < -0.39 is 5.97 Å². The van der Waals surface area contributed by atoms with Gasteiger partial charge in [-0.25, -0.2) is 4.79 Å². The van der Waals surface area contributed by atoms with Gasteiger partial charge in [-0.15, -0.1) is 0 Å². The molecule has 2 aliphatic rings. The van der Waals surface area contributed by atoms with E-state index in [1.807, 2.05) is 30.6 Å². The van der Waals surface area contributed by atoms with E-state index >= 15 is 0 Å². The van der Waals surface area contributed by atoms with Crippen LogP contribution in [0.1, 0.15) is 39.9 Å². The van der Waals surface area contributed by atoms with Gasteiger partial charge in [0.25, 0.3) is 0 Å². The number of anilines is 1. The van der Waals surface area contributed by atoms with Crippen molar-refractivity contribution in [2.45, 2.75) is 18.4 Å². The first-order valence-corrected chi connectivity index (χ1v) is 7.44. The third-order valence-electron chi connectivity index (χ3n) is 4.67. The van der Waals surface area contributed by atoms with Crippen LogP contribution in [0.15, 0.2) is 54.9 Å². The summed E-state index contributed by atoms with van der Waals surface area (Å²) < 4.78 is 0. The Bertz CT molecular complexity index is 755. The zero-order chi connectivity index (χ0) is 15.1. The number of rotatable bonds is 2. The second-order valence-electron chi connectivity index (χ2n) is 5.86. The molecule has 1 aromatic heterocycles. The van der Waals surface area contributed by atoms with Gasteiger partial charge in [0.1, 0.15) is 0 Å². The monoisotopic (exact) mass is 292 g/mol. The fourth-order valence-electron chi connectivity index (χ4n) is 3.63. The van der Waals surface area contributed by atoms with Crippen LogP contribution in [-0.4, -0.2) is 16.1 Å². The van der Waals surface area contributed by atoms with Gasteiger partial charge in [0, 0.05) is 24.0 Å². The van der Waals surface area contributed by atoms with Crippen LogP contribution in [0.4, 0.5) is 5.69 Å². The first kappa shape index (κ1) is 13.1. The first-order chi connectivity index (χ1) is 10.7. The van der Waals surface area contributed by atoms with Crippen LogP contribution >= 0.6 is 0 Å². The molecule has 0 unspecified atom stereocenters. The number of hydrogen-bond acceptors (Lipinski definition) is 3. The van der Waals surface area contributed by atoms with Crippen LogP contribution in [-0.2, 0) is 0 Å². The Morgan fingerprint density at radius 3 is 2.82 bits per heavy atom. The van der Waals surface area contributed by atoms with Gasteiger partial charge in [0.15, 0.2) is 0 Å². The zero-order valence-corrected chi connectivity index (χ0v) is 11.9. The molecule has 0 spiro atoms. The maximum absolute atomic E-state index is 11.2. The molecule has 4 heteroatoms. The number of pyridine rings is 1. The summed E-state index contributed by atoms with van der Waals surface area (Å²) in [5.41, 5.74) is 3.69. The molecule has 2 heterocycles. The molecule has 0 amide bonds. The highest BCUT2D eigenvalue weighted by Crippen LogP contribution is 2.49. The van der Waals surface area contributed by atoms with Crippen molar-refractivity contribution < 1.29 is 9.90 Å². The molecule has 1 aromatic carbocycles. The van der Waals surface area contributed by atoms with Crippen molar-refractivity contribution in [3.8, 4) is 0 Å². The molecule has 2 aromatic rings. The van der Waals surface area contributed by atoms with Crippen molar-refractivity contribution in [2.24, 2.45) is 5.92 Å². The highest BCUT2D eigenvalue weighted by molar-refractivity contribution is 5.89. The summed E-state index contributed by atoms with van der Waals surface area (Å²) in [5, 5.41) is 12.8. The Morgan fingerprint density at radius 2 is 2.05 bits per heavy atom. The van der Waals surface area contributed by atoms with Gasteiger partial charge in [-0.1, -0.05) is 12.2 Å². The smallest absolute Gasteiger partial charge is 0.335 e. The van der Waals surface area contributed by atoms with Crippen LogP contribution in [0.5, 0.6) is 0 Å². The van der Waals surface area contributed by atoms with Crippen molar-refractivity contribution in [2.75, 3.05) is 5.32 Å². The second kappa shape index (κ2) is 4.98. The number of fused-ring (bicyclic) bond motifs is 3. The summed E-state index contributed by atoms with van der Waals surface area (Å²) in [6.45, 7) is 0. The van der Waals surface area contributed by atoms with E-state index in [1.54, 1.807) is 12.1 Å². The normalized spacial score (nSPS) is 25.2. The molecule has 0 fully saturated rings. The summed E-state index contributed by atoms with van der Waals surface area (Å²) in [6, 6.07) is 9.67. The molecule has 22 heavy (non-hydrogen) atoms. The minimum absolute atomic E-state index is 0.228. The molecule has 110 valence electrons. The van der Waals surface area contributed by atoms with E-state index in [9.17, 15) is 9.90 Å². The van der Waals surface area contributed by atoms with Crippen LogP contribution < -0.4 is 5.32 Å². The average molecular weight is 292 g/mol. The maximum atomic E-state index is 11.2. The molecule has 3 atom stereocenters. The van der Waals surface area contributed by atoms with Gasteiger partial charge < -0.3 is 10.4 Å². The summed E-state index contributed by atoms with van der Waals surface area (Å²) in [4.78, 5) is 15.3. The van der Waals surface area contributed by atoms with E-state index in [0.717, 1.165) is 17.7 Å². The largest absolute Gasteiger partial charge is 0.478 e. The molecule has 0 radical (unpaired) electrons. The number of carbonyl (C=O) groups is 1. The number of aromatic nitrogens is 1. The number of aromatic carboxylic acids is 1. The van der Waals surface area contributed by atoms with Crippen molar-refractivity contribution in [3.63, 3.8) is 0 Å². The molecule has 0 saturated carbocycles. The average Bonchev–Trinajstić information content (AvgIpc) is 3.04. The summed E-state index contributed by atoms with van der Waals surface area (Å²) in [6.07, 6.45) is 9.05. The van der Waals surface area contributed by atoms with Crippen LogP contribution in [0.3, 0.4) is 0 Å². The number of carboxylic acids is 1. The van der Waals surface area contributed by atoms with Gasteiger partial charge in [-0.05, 0) is 53.8 Å². The first-order valence-electron chi connectivity index (χ1n) is 7.44. The Labute approximate surface area is 128 Å². The lowest BCUT2D eigenvalue weighted by molar-refractivity contribution is 0.0696. The van der Waals surface area contributed by atoms with Crippen LogP contribution in [0, 0.1) is 5.92 Å². The third kappa shape index (κ3) is 1.99. The van der Waals surface area contributed by atoms with Crippen LogP contribution in [0.2, 0.25) is 0 Å². The molecule has 4 rings (SSSR count). The highest BCUT2D eigenvalue weighted by Gasteiger charge is 2.38. The minimum Gasteiger partial charge on any atom is -0.478 e. The number of nitrogens with one attached hydrogen (secondary N) is 1. The molecule has 4 nitrogen and oxygen atoms in total. The molecule has 1 aliphatic carbocycles. The van der Waals surface area contributed by atoms with Gasteiger partial charge >= 0.3 is 5.97 Å². The summed E-state index contributed by atoms with van der Waals surface area (Å²) in [5.74, 6) is -0.190. The van der Waals surface area contributed by atoms with Crippen molar-refractivity contribution in [3.05, 3.63) is 71.6 Å². The number of benzene rings is 1. The standard InChI is InChI=1S/C18H16N2O2/c21-18(22)12-4-5-16-15(10-12)13-2-1-3-14(13)17(20-16)11-6-8-19-9-7-11/h1-2,4-10,13-14,17,20H,3H2,(H,21,22)/t13-,14+,17-/m0/s1. The molecule has 0 bridgehead atoms. The molecular weight excluding hydrogens is 276 g/mol. The Hall–Kier alpha value is -2.62. The minimum atomic E-state index is -0.877.